The topological polar surface area (TPSA) is 49.6 Å². The summed E-state index contributed by atoms with van der Waals surface area (Å²) in [5.74, 6) is 0. The fraction of sp³-hybridized carbons (Fsp3) is 0.154. The predicted molar refractivity (Wildman–Crippen MR) is 61.7 cm³/mol. The van der Waals surface area contributed by atoms with Gasteiger partial charge >= 0.3 is 0 Å². The molecule has 0 amide bonds. The largest absolute Gasteiger partial charge is 0.264 e. The normalized spacial score (nSPS) is 9.81. The average Bonchev–Trinajstić information content (AvgIpc) is 2.28. The highest BCUT2D eigenvalue weighted by Gasteiger charge is 2.04. The molecular formula is C13H11N3. The number of rotatable bonds is 1. The van der Waals surface area contributed by atoms with Crippen LogP contribution >= 0.6 is 0 Å². The molecule has 3 heteroatoms. The van der Waals surface area contributed by atoms with Gasteiger partial charge in [0.2, 0.25) is 0 Å². The summed E-state index contributed by atoms with van der Waals surface area (Å²) in [5.41, 5.74) is 4.47. The molecule has 16 heavy (non-hydrogen) atoms. The third-order valence-electron chi connectivity index (χ3n) is 2.42. The van der Waals surface area contributed by atoms with Crippen molar-refractivity contribution in [2.45, 2.75) is 13.8 Å². The van der Waals surface area contributed by atoms with E-state index in [1.807, 2.05) is 32.2 Å². The highest BCUT2D eigenvalue weighted by atomic mass is 14.7. The number of hydrogen-bond donors (Lipinski definition) is 0. The van der Waals surface area contributed by atoms with Crippen molar-refractivity contribution in [2.75, 3.05) is 0 Å². The lowest BCUT2D eigenvalue weighted by atomic mass is 10.0. The molecule has 2 aromatic heterocycles. The molecule has 2 aromatic rings. The van der Waals surface area contributed by atoms with E-state index in [9.17, 15) is 0 Å². The van der Waals surface area contributed by atoms with Gasteiger partial charge < -0.3 is 0 Å². The first-order chi connectivity index (χ1) is 7.70. The number of aryl methyl sites for hydroxylation is 2. The first-order valence-electron chi connectivity index (χ1n) is 5.00. The zero-order chi connectivity index (χ0) is 11.5. The molecule has 3 nitrogen and oxygen atoms in total. The Morgan fingerprint density at radius 1 is 1.25 bits per heavy atom. The van der Waals surface area contributed by atoms with Crippen molar-refractivity contribution in [3.8, 4) is 17.2 Å². The summed E-state index contributed by atoms with van der Waals surface area (Å²) in [6.07, 6.45) is 3.57. The van der Waals surface area contributed by atoms with Gasteiger partial charge in [0.25, 0.3) is 0 Å². The molecule has 78 valence electrons. The molecule has 0 fully saturated rings. The predicted octanol–water partition coefficient (Wildman–Crippen LogP) is 2.63. The number of hydrogen-bond acceptors (Lipinski definition) is 3. The Morgan fingerprint density at radius 2 is 2.06 bits per heavy atom. The molecule has 0 saturated carbocycles. The van der Waals surface area contributed by atoms with Crippen molar-refractivity contribution in [1.82, 2.24) is 9.97 Å². The number of pyridine rings is 2. The molecule has 0 N–H and O–H groups in total. The molecule has 0 aliphatic rings. The SMILES string of the molecule is Cc1cc(-c2cnccc2C)cc(C#N)n1. The van der Waals surface area contributed by atoms with E-state index >= 15 is 0 Å². The van der Waals surface area contributed by atoms with Crippen molar-refractivity contribution in [2.24, 2.45) is 0 Å². The van der Waals surface area contributed by atoms with Gasteiger partial charge in [-0.2, -0.15) is 5.26 Å². The Hall–Kier alpha value is -2.21. The van der Waals surface area contributed by atoms with Crippen LogP contribution in [0.3, 0.4) is 0 Å². The Balaban J connectivity index is 2.61. The fourth-order valence-electron chi connectivity index (χ4n) is 1.65. The number of nitrogens with zero attached hydrogens (tertiary/aromatic N) is 3. The molecular weight excluding hydrogens is 198 g/mol. The molecule has 0 radical (unpaired) electrons. The van der Waals surface area contributed by atoms with Crippen LogP contribution in [0.25, 0.3) is 11.1 Å². The van der Waals surface area contributed by atoms with Crippen molar-refractivity contribution in [3.63, 3.8) is 0 Å². The van der Waals surface area contributed by atoms with Gasteiger partial charge in [-0.3, -0.25) is 4.98 Å². The van der Waals surface area contributed by atoms with Gasteiger partial charge in [-0.05, 0) is 43.2 Å². The maximum Gasteiger partial charge on any atom is 0.141 e. The Morgan fingerprint density at radius 3 is 2.75 bits per heavy atom. The van der Waals surface area contributed by atoms with Gasteiger partial charge in [0.1, 0.15) is 11.8 Å². The molecule has 0 atom stereocenters. The second-order valence-electron chi connectivity index (χ2n) is 3.68. The van der Waals surface area contributed by atoms with Crippen LogP contribution in [0.1, 0.15) is 17.0 Å². The summed E-state index contributed by atoms with van der Waals surface area (Å²) in [6, 6.07) is 7.77. The van der Waals surface area contributed by atoms with Crippen molar-refractivity contribution in [3.05, 3.63) is 47.5 Å². The highest BCUT2D eigenvalue weighted by Crippen LogP contribution is 2.23. The standard InChI is InChI=1S/C13H11N3/c1-9-3-4-15-8-13(9)11-5-10(2)16-12(6-11)7-14/h3-6,8H,1-2H3. The van der Waals surface area contributed by atoms with E-state index in [0.717, 1.165) is 22.4 Å². The van der Waals surface area contributed by atoms with Crippen LogP contribution < -0.4 is 0 Å². The maximum absolute atomic E-state index is 8.87. The van der Waals surface area contributed by atoms with Gasteiger partial charge in [-0.1, -0.05) is 0 Å². The second-order valence-corrected chi connectivity index (χ2v) is 3.68. The van der Waals surface area contributed by atoms with E-state index in [4.69, 9.17) is 5.26 Å². The molecule has 0 spiro atoms. The van der Waals surface area contributed by atoms with Gasteiger partial charge in [0.15, 0.2) is 0 Å². The van der Waals surface area contributed by atoms with E-state index in [2.05, 4.69) is 16.0 Å². The van der Waals surface area contributed by atoms with Crippen LogP contribution in [-0.4, -0.2) is 9.97 Å². The van der Waals surface area contributed by atoms with E-state index in [1.165, 1.54) is 0 Å². The Labute approximate surface area is 94.4 Å². The molecule has 0 aromatic carbocycles. The lowest BCUT2D eigenvalue weighted by Crippen LogP contribution is -1.91. The molecule has 0 bridgehead atoms. The zero-order valence-electron chi connectivity index (χ0n) is 9.23. The molecule has 0 aliphatic heterocycles. The van der Waals surface area contributed by atoms with E-state index in [1.54, 1.807) is 12.3 Å². The summed E-state index contributed by atoms with van der Waals surface area (Å²) in [4.78, 5) is 8.23. The average molecular weight is 209 g/mol. The number of aromatic nitrogens is 2. The smallest absolute Gasteiger partial charge is 0.141 e. The first kappa shape index (κ1) is 10.3. The summed E-state index contributed by atoms with van der Waals surface area (Å²) in [6.45, 7) is 3.91. The van der Waals surface area contributed by atoms with Crippen molar-refractivity contribution >= 4 is 0 Å². The van der Waals surface area contributed by atoms with Crippen LogP contribution in [-0.2, 0) is 0 Å². The van der Waals surface area contributed by atoms with E-state index in [-0.39, 0.29) is 0 Å². The Bertz CT molecular complexity index is 568. The minimum Gasteiger partial charge on any atom is -0.264 e. The zero-order valence-corrected chi connectivity index (χ0v) is 9.23. The molecule has 0 aliphatic carbocycles. The van der Waals surface area contributed by atoms with E-state index in [0.29, 0.717) is 5.69 Å². The van der Waals surface area contributed by atoms with Gasteiger partial charge in [-0.15, -0.1) is 0 Å². The minimum absolute atomic E-state index is 0.443. The fourth-order valence-corrected chi connectivity index (χ4v) is 1.65. The molecule has 0 unspecified atom stereocenters. The quantitative estimate of drug-likeness (QED) is 0.725. The molecule has 2 rings (SSSR count). The maximum atomic E-state index is 8.87. The lowest BCUT2D eigenvalue weighted by molar-refractivity contribution is 1.16. The van der Waals surface area contributed by atoms with Crippen molar-refractivity contribution in [1.29, 1.82) is 5.26 Å². The summed E-state index contributed by atoms with van der Waals surface area (Å²) < 4.78 is 0. The summed E-state index contributed by atoms with van der Waals surface area (Å²) in [5, 5.41) is 8.87. The lowest BCUT2D eigenvalue weighted by Gasteiger charge is -2.06. The van der Waals surface area contributed by atoms with Gasteiger partial charge in [0.05, 0.1) is 0 Å². The molecule has 2 heterocycles. The third kappa shape index (κ3) is 1.91. The second kappa shape index (κ2) is 4.11. The van der Waals surface area contributed by atoms with Crippen LogP contribution in [0, 0.1) is 25.2 Å². The van der Waals surface area contributed by atoms with Crippen LogP contribution in [0.15, 0.2) is 30.6 Å². The van der Waals surface area contributed by atoms with Crippen LogP contribution in [0.2, 0.25) is 0 Å². The summed E-state index contributed by atoms with van der Waals surface area (Å²) in [7, 11) is 0. The summed E-state index contributed by atoms with van der Waals surface area (Å²) >= 11 is 0. The first-order valence-corrected chi connectivity index (χ1v) is 5.00. The highest BCUT2D eigenvalue weighted by molar-refractivity contribution is 5.67. The van der Waals surface area contributed by atoms with E-state index < -0.39 is 0 Å². The van der Waals surface area contributed by atoms with Crippen LogP contribution in [0.4, 0.5) is 0 Å². The third-order valence-corrected chi connectivity index (χ3v) is 2.42. The monoisotopic (exact) mass is 209 g/mol. The van der Waals surface area contributed by atoms with Crippen molar-refractivity contribution < 1.29 is 0 Å². The Kier molecular flexibility index (Phi) is 2.65. The number of nitriles is 1. The van der Waals surface area contributed by atoms with Gasteiger partial charge in [-0.25, -0.2) is 4.98 Å². The minimum atomic E-state index is 0.443. The molecule has 0 saturated heterocycles. The van der Waals surface area contributed by atoms with Crippen LogP contribution in [0.5, 0.6) is 0 Å². The van der Waals surface area contributed by atoms with Gasteiger partial charge in [0, 0.05) is 23.7 Å².